The van der Waals surface area contributed by atoms with Crippen LogP contribution in [0.4, 0.5) is 5.82 Å². The minimum atomic E-state index is -0.0499. The molecule has 5 nitrogen and oxygen atoms in total. The van der Waals surface area contributed by atoms with Gasteiger partial charge < -0.3 is 10.2 Å². The Balaban J connectivity index is 1.41. The molecule has 1 saturated heterocycles. The highest BCUT2D eigenvalue weighted by atomic mass is 35.5. The highest BCUT2D eigenvalue weighted by Crippen LogP contribution is 2.66. The summed E-state index contributed by atoms with van der Waals surface area (Å²) in [4.78, 5) is 32.0. The first kappa shape index (κ1) is 23.2. The third-order valence-corrected chi connectivity index (χ3v) is 10.2. The van der Waals surface area contributed by atoms with Crippen molar-refractivity contribution < 1.29 is 9.59 Å². The van der Waals surface area contributed by atoms with Gasteiger partial charge in [-0.1, -0.05) is 42.6 Å². The second-order valence-electron chi connectivity index (χ2n) is 11.2. The summed E-state index contributed by atoms with van der Waals surface area (Å²) in [6, 6.07) is 1.61. The molecule has 0 aromatic carbocycles. The molecule has 1 aromatic rings. The largest absolute Gasteiger partial charge is 0.319 e. The van der Waals surface area contributed by atoms with Crippen molar-refractivity contribution in [1.29, 1.82) is 0 Å². The Bertz CT molecular complexity index is 1060. The van der Waals surface area contributed by atoms with Crippen LogP contribution in [0, 0.1) is 34.5 Å². The molecule has 0 unspecified atom stereocenters. The Morgan fingerprint density at radius 3 is 2.67 bits per heavy atom. The highest BCUT2D eigenvalue weighted by Gasteiger charge is 2.61. The van der Waals surface area contributed by atoms with Crippen LogP contribution < -0.4 is 5.32 Å². The predicted octanol–water partition coefficient (Wildman–Crippen LogP) is 6.32. The van der Waals surface area contributed by atoms with Crippen LogP contribution in [0.25, 0.3) is 0 Å². The fourth-order valence-electron chi connectivity index (χ4n) is 8.25. The van der Waals surface area contributed by atoms with Gasteiger partial charge in [0, 0.05) is 36.7 Å². The maximum atomic E-state index is 13.4. The van der Waals surface area contributed by atoms with Crippen molar-refractivity contribution in [2.24, 2.45) is 34.5 Å². The molecule has 3 aliphatic carbocycles. The molecule has 2 amide bonds. The zero-order valence-electron chi connectivity index (χ0n) is 19.9. The van der Waals surface area contributed by atoms with Crippen LogP contribution in [0.5, 0.6) is 0 Å². The van der Waals surface area contributed by atoms with Crippen molar-refractivity contribution in [2.45, 2.75) is 65.7 Å². The lowest BCUT2D eigenvalue weighted by Crippen LogP contribution is -2.54. The summed E-state index contributed by atoms with van der Waals surface area (Å²) >= 11 is 12.2. The van der Waals surface area contributed by atoms with Crippen LogP contribution in [-0.2, 0) is 9.59 Å². The molecule has 1 aromatic heterocycles. The van der Waals surface area contributed by atoms with Gasteiger partial charge in [0.1, 0.15) is 0 Å². The van der Waals surface area contributed by atoms with Gasteiger partial charge in [-0.05, 0) is 74.7 Å². The first-order valence-corrected chi connectivity index (χ1v) is 12.9. The summed E-state index contributed by atoms with van der Waals surface area (Å²) in [6.07, 6.45) is 8.24. The summed E-state index contributed by atoms with van der Waals surface area (Å²) in [5, 5.41) is 3.80. The second-order valence-corrected chi connectivity index (χ2v) is 12.1. The van der Waals surface area contributed by atoms with E-state index in [1.807, 2.05) is 11.9 Å². The van der Waals surface area contributed by atoms with Crippen LogP contribution in [0.3, 0.4) is 0 Å². The monoisotopic (exact) mass is 489 g/mol. The van der Waals surface area contributed by atoms with E-state index in [0.717, 1.165) is 38.5 Å². The fraction of sp³-hybridized carbons (Fsp3) is 0.654. The van der Waals surface area contributed by atoms with Gasteiger partial charge in [-0.25, -0.2) is 4.98 Å². The van der Waals surface area contributed by atoms with Gasteiger partial charge in [0.2, 0.25) is 11.8 Å². The number of pyridine rings is 1. The lowest BCUT2D eigenvalue weighted by molar-refractivity contribution is -0.137. The lowest BCUT2D eigenvalue weighted by atomic mass is 9.48. The number of amides is 2. The second kappa shape index (κ2) is 7.98. The van der Waals surface area contributed by atoms with Crippen molar-refractivity contribution in [3.05, 3.63) is 33.6 Å². The Labute approximate surface area is 206 Å². The molecule has 4 aliphatic rings. The Morgan fingerprint density at radius 2 is 1.94 bits per heavy atom. The van der Waals surface area contributed by atoms with Crippen LogP contribution in [0.1, 0.15) is 65.7 Å². The molecule has 33 heavy (non-hydrogen) atoms. The standard InChI is InChI=1S/C26H33Cl2N3O2/c1-14-11-16-17-5-6-19(24(33)30-23-20(28)12-15(27)13-29-23)25(17,2)9-7-18(16)26(3)10-8-21(32)31(4)22(14)26/h12-13,16-19H,5-11H2,1-4H3,(H,29,30,33)/t16-,17-,18-,19+,25-,26+/m0/s1. The average molecular weight is 490 g/mol. The van der Waals surface area contributed by atoms with Crippen LogP contribution >= 0.6 is 23.2 Å². The van der Waals surface area contributed by atoms with Gasteiger partial charge in [0.15, 0.2) is 5.82 Å². The van der Waals surface area contributed by atoms with E-state index in [0.29, 0.717) is 40.0 Å². The predicted molar refractivity (Wildman–Crippen MR) is 131 cm³/mol. The number of allylic oxidation sites excluding steroid dienone is 2. The summed E-state index contributed by atoms with van der Waals surface area (Å²) in [5.74, 6) is 2.24. The number of nitrogens with zero attached hydrogens (tertiary/aromatic N) is 2. The number of piperidine rings is 1. The molecule has 2 heterocycles. The third kappa shape index (κ3) is 3.44. The van der Waals surface area contributed by atoms with Gasteiger partial charge in [0.25, 0.3) is 0 Å². The zero-order chi connectivity index (χ0) is 23.7. The first-order valence-electron chi connectivity index (χ1n) is 12.1. The van der Waals surface area contributed by atoms with Gasteiger partial charge in [-0.15, -0.1) is 0 Å². The maximum absolute atomic E-state index is 13.4. The molecule has 0 radical (unpaired) electrons. The van der Waals surface area contributed by atoms with E-state index >= 15 is 0 Å². The van der Waals surface area contributed by atoms with E-state index in [-0.39, 0.29) is 28.6 Å². The molecule has 2 saturated carbocycles. The van der Waals surface area contributed by atoms with Crippen molar-refractivity contribution in [2.75, 3.05) is 12.4 Å². The number of rotatable bonds is 2. The Kier molecular flexibility index (Phi) is 5.60. The Hall–Kier alpha value is -1.59. The SMILES string of the molecule is CC1=C2N(C)C(=O)CC[C@]2(C)[C@H]2CC[C@]3(C)[C@@H](C(=O)Nc4ncc(Cl)cc4Cl)CC[C@H]3[C@@H]2C1. The number of likely N-dealkylation sites (tertiary alicyclic amines) is 1. The molecule has 6 atom stereocenters. The fourth-order valence-corrected chi connectivity index (χ4v) is 8.68. The number of halogens is 2. The van der Waals surface area contributed by atoms with E-state index in [1.54, 1.807) is 6.07 Å². The van der Waals surface area contributed by atoms with Crippen molar-refractivity contribution >= 4 is 40.8 Å². The molecular formula is C26H33Cl2N3O2. The van der Waals surface area contributed by atoms with Gasteiger partial charge >= 0.3 is 0 Å². The summed E-state index contributed by atoms with van der Waals surface area (Å²) in [5.41, 5.74) is 2.66. The maximum Gasteiger partial charge on any atom is 0.229 e. The number of fused-ring (bicyclic) bond motifs is 5. The summed E-state index contributed by atoms with van der Waals surface area (Å²) in [7, 11) is 1.96. The number of carbonyl (C=O) groups excluding carboxylic acids is 2. The minimum Gasteiger partial charge on any atom is -0.319 e. The van der Waals surface area contributed by atoms with Gasteiger partial charge in [-0.3, -0.25) is 9.59 Å². The molecule has 1 aliphatic heterocycles. The number of anilines is 1. The average Bonchev–Trinajstić information content (AvgIpc) is 3.10. The molecule has 0 spiro atoms. The highest BCUT2D eigenvalue weighted by molar-refractivity contribution is 6.36. The minimum absolute atomic E-state index is 0.0214. The van der Waals surface area contributed by atoms with E-state index in [1.165, 1.54) is 17.5 Å². The van der Waals surface area contributed by atoms with Crippen LogP contribution in [0.15, 0.2) is 23.5 Å². The smallest absolute Gasteiger partial charge is 0.229 e. The molecule has 0 bridgehead atoms. The van der Waals surface area contributed by atoms with Crippen molar-refractivity contribution in [3.8, 4) is 0 Å². The number of nitrogens with one attached hydrogen (secondary N) is 1. The molecule has 3 fully saturated rings. The van der Waals surface area contributed by atoms with E-state index in [9.17, 15) is 9.59 Å². The molecule has 5 rings (SSSR count). The molecule has 178 valence electrons. The van der Waals surface area contributed by atoms with Gasteiger partial charge in [0.05, 0.1) is 10.0 Å². The molecular weight excluding hydrogens is 457 g/mol. The lowest BCUT2D eigenvalue weighted by Gasteiger charge is -2.59. The number of hydrogen-bond acceptors (Lipinski definition) is 3. The molecule has 1 N–H and O–H groups in total. The number of aromatic nitrogens is 1. The number of hydrogen-bond donors (Lipinski definition) is 1. The topological polar surface area (TPSA) is 62.3 Å². The quantitative estimate of drug-likeness (QED) is 0.528. The van der Waals surface area contributed by atoms with E-state index < -0.39 is 0 Å². The van der Waals surface area contributed by atoms with E-state index in [4.69, 9.17) is 23.2 Å². The van der Waals surface area contributed by atoms with Crippen LogP contribution in [-0.4, -0.2) is 28.7 Å². The summed E-state index contributed by atoms with van der Waals surface area (Å²) < 4.78 is 0. The third-order valence-electron chi connectivity index (χ3n) is 9.68. The molecule has 7 heteroatoms. The normalized spacial score (nSPS) is 38.0. The Morgan fingerprint density at radius 1 is 1.18 bits per heavy atom. The van der Waals surface area contributed by atoms with Gasteiger partial charge in [-0.2, -0.15) is 0 Å². The zero-order valence-corrected chi connectivity index (χ0v) is 21.4. The summed E-state index contributed by atoms with van der Waals surface area (Å²) in [6.45, 7) is 6.94. The number of carbonyl (C=O) groups is 2. The first-order chi connectivity index (χ1) is 15.6. The van der Waals surface area contributed by atoms with Crippen LogP contribution in [0.2, 0.25) is 10.0 Å². The van der Waals surface area contributed by atoms with Crippen molar-refractivity contribution in [3.63, 3.8) is 0 Å². The van der Waals surface area contributed by atoms with E-state index in [2.05, 4.69) is 31.1 Å². The van der Waals surface area contributed by atoms with Crippen molar-refractivity contribution in [1.82, 2.24) is 9.88 Å².